The first kappa shape index (κ1) is 27.3. The zero-order chi connectivity index (χ0) is 29.6. The van der Waals surface area contributed by atoms with Crippen LogP contribution in [0.3, 0.4) is 0 Å². The summed E-state index contributed by atoms with van der Waals surface area (Å²) in [6.07, 6.45) is 1.13. The Morgan fingerprint density at radius 3 is 2.40 bits per heavy atom. The molecule has 1 atom stereocenters. The molecule has 0 saturated carbocycles. The third-order valence-corrected chi connectivity index (χ3v) is 6.78. The Kier molecular flexibility index (Phi) is 7.85. The highest BCUT2D eigenvalue weighted by Gasteiger charge is 2.33. The van der Waals surface area contributed by atoms with Gasteiger partial charge in [0.05, 0.1) is 24.6 Å². The number of carbonyl (C=O) groups is 2. The van der Waals surface area contributed by atoms with Gasteiger partial charge in [-0.1, -0.05) is 59.8 Å². The van der Waals surface area contributed by atoms with Gasteiger partial charge in [0.15, 0.2) is 11.5 Å². The van der Waals surface area contributed by atoms with Crippen LogP contribution in [0.4, 0.5) is 17.1 Å². The Morgan fingerprint density at radius 2 is 1.63 bits per heavy atom. The van der Waals surface area contributed by atoms with E-state index in [4.69, 9.17) is 9.47 Å². The van der Waals surface area contributed by atoms with Gasteiger partial charge in [0.1, 0.15) is 25.0 Å². The van der Waals surface area contributed by atoms with Crippen LogP contribution in [0, 0.1) is 0 Å². The minimum absolute atomic E-state index is 0.0175. The summed E-state index contributed by atoms with van der Waals surface area (Å²) in [7, 11) is 1.56. The van der Waals surface area contributed by atoms with Crippen LogP contribution in [-0.4, -0.2) is 38.9 Å². The van der Waals surface area contributed by atoms with Crippen molar-refractivity contribution in [3.8, 4) is 11.5 Å². The number of fused-ring (bicyclic) bond motifs is 1. The number of hydrogen-bond acceptors (Lipinski definition) is 8. The number of nitrogens with one attached hydrogen (secondary N) is 3. The molecule has 1 unspecified atom stereocenters. The zero-order valence-electron chi connectivity index (χ0n) is 23.3. The lowest BCUT2D eigenvalue weighted by atomic mass is 10.0. The van der Waals surface area contributed by atoms with Gasteiger partial charge in [-0.3, -0.25) is 15.0 Å². The Morgan fingerprint density at radius 1 is 0.907 bits per heavy atom. The minimum atomic E-state index is -0.535. The van der Waals surface area contributed by atoms with E-state index in [1.165, 1.54) is 4.68 Å². The fraction of sp³-hybridized carbons (Fsp3) is 0.125. The van der Waals surface area contributed by atoms with Crippen molar-refractivity contribution in [2.24, 2.45) is 0 Å². The van der Waals surface area contributed by atoms with Crippen LogP contribution in [0.5, 0.6) is 11.5 Å². The second-order valence-electron chi connectivity index (χ2n) is 9.77. The SMILES string of the molecule is COc1cc(C2Nc3ccccc3C(=O)N2Nc2ccccc2)ccc1OCc1cn(CC(=O)Nc2ccccc2)nn1. The van der Waals surface area contributed by atoms with Gasteiger partial charge in [0.2, 0.25) is 5.91 Å². The maximum Gasteiger partial charge on any atom is 0.276 e. The van der Waals surface area contributed by atoms with E-state index in [1.807, 2.05) is 91.0 Å². The number of amides is 2. The van der Waals surface area contributed by atoms with Crippen LogP contribution in [-0.2, 0) is 17.9 Å². The smallest absolute Gasteiger partial charge is 0.276 e. The standard InChI is InChI=1S/C32H29N7O4/c1-42-29-18-22(31-34-27-15-9-8-14-26(27)32(41)39(31)36-24-12-6-3-7-13-24)16-17-28(29)43-21-25-19-38(37-35-25)20-30(40)33-23-10-4-2-5-11-23/h2-19,31,34,36H,20-21H2,1H3,(H,33,40). The molecule has 1 aliphatic rings. The number of rotatable bonds is 10. The molecule has 216 valence electrons. The number of para-hydroxylation sites is 3. The topological polar surface area (TPSA) is 123 Å². The average Bonchev–Trinajstić information content (AvgIpc) is 3.49. The van der Waals surface area contributed by atoms with Gasteiger partial charge in [0, 0.05) is 16.9 Å². The molecule has 6 rings (SSSR count). The molecule has 11 nitrogen and oxygen atoms in total. The lowest BCUT2D eigenvalue weighted by Gasteiger charge is -2.38. The van der Waals surface area contributed by atoms with Crippen molar-refractivity contribution in [3.63, 3.8) is 0 Å². The number of hydrazine groups is 1. The molecular formula is C32H29N7O4. The van der Waals surface area contributed by atoms with Crippen molar-refractivity contribution in [2.45, 2.75) is 19.3 Å². The zero-order valence-corrected chi connectivity index (χ0v) is 23.3. The van der Waals surface area contributed by atoms with E-state index in [-0.39, 0.29) is 25.0 Å². The number of benzene rings is 4. The molecule has 0 fully saturated rings. The number of carbonyl (C=O) groups excluding carboxylic acids is 2. The normalized spacial score (nSPS) is 13.9. The molecule has 11 heteroatoms. The van der Waals surface area contributed by atoms with E-state index in [0.717, 1.165) is 16.9 Å². The van der Waals surface area contributed by atoms with Crippen LogP contribution in [0.2, 0.25) is 0 Å². The minimum Gasteiger partial charge on any atom is -0.493 e. The number of anilines is 3. The Balaban J connectivity index is 1.16. The lowest BCUT2D eigenvalue weighted by molar-refractivity contribution is -0.116. The quantitative estimate of drug-likeness (QED) is 0.210. The first-order valence-corrected chi connectivity index (χ1v) is 13.6. The Hall–Kier alpha value is -5.84. The number of hydrogen-bond donors (Lipinski definition) is 3. The van der Waals surface area contributed by atoms with Gasteiger partial charge in [-0.2, -0.15) is 0 Å². The molecule has 2 heterocycles. The van der Waals surface area contributed by atoms with Crippen LogP contribution in [0.1, 0.15) is 27.8 Å². The van der Waals surface area contributed by atoms with Crippen molar-refractivity contribution in [2.75, 3.05) is 23.2 Å². The highest BCUT2D eigenvalue weighted by Crippen LogP contribution is 2.37. The lowest BCUT2D eigenvalue weighted by Crippen LogP contribution is -2.46. The second-order valence-corrected chi connectivity index (χ2v) is 9.77. The molecule has 3 N–H and O–H groups in total. The van der Waals surface area contributed by atoms with Crippen molar-refractivity contribution >= 4 is 28.9 Å². The third-order valence-electron chi connectivity index (χ3n) is 6.78. The number of aromatic nitrogens is 3. The summed E-state index contributed by atoms with van der Waals surface area (Å²) in [5.74, 6) is 0.602. The largest absolute Gasteiger partial charge is 0.493 e. The summed E-state index contributed by atoms with van der Waals surface area (Å²) in [6.45, 7) is 0.134. The van der Waals surface area contributed by atoms with Crippen molar-refractivity contribution in [1.82, 2.24) is 20.0 Å². The highest BCUT2D eigenvalue weighted by molar-refractivity contribution is 6.02. The van der Waals surface area contributed by atoms with Gasteiger partial charge >= 0.3 is 0 Å². The maximum absolute atomic E-state index is 13.6. The summed E-state index contributed by atoms with van der Waals surface area (Å²) >= 11 is 0. The van der Waals surface area contributed by atoms with Gasteiger partial charge in [-0.15, -0.1) is 5.10 Å². The van der Waals surface area contributed by atoms with E-state index in [1.54, 1.807) is 30.4 Å². The van der Waals surface area contributed by atoms with E-state index in [0.29, 0.717) is 28.4 Å². The molecule has 0 saturated heterocycles. The highest BCUT2D eigenvalue weighted by atomic mass is 16.5. The van der Waals surface area contributed by atoms with Crippen molar-refractivity contribution in [1.29, 1.82) is 0 Å². The molecule has 0 spiro atoms. The summed E-state index contributed by atoms with van der Waals surface area (Å²) in [6, 6.07) is 31.6. The second kappa shape index (κ2) is 12.4. The van der Waals surface area contributed by atoms with Gasteiger partial charge in [-0.25, -0.2) is 9.69 Å². The molecule has 1 aliphatic heterocycles. The van der Waals surface area contributed by atoms with E-state index < -0.39 is 6.17 Å². The third kappa shape index (κ3) is 6.25. The van der Waals surface area contributed by atoms with Crippen LogP contribution < -0.4 is 25.5 Å². The monoisotopic (exact) mass is 575 g/mol. The van der Waals surface area contributed by atoms with E-state index in [2.05, 4.69) is 26.4 Å². The number of nitrogens with zero attached hydrogens (tertiary/aromatic N) is 4. The maximum atomic E-state index is 13.6. The molecule has 0 radical (unpaired) electrons. The van der Waals surface area contributed by atoms with Gasteiger partial charge in [0.25, 0.3) is 5.91 Å². The Bertz CT molecular complexity index is 1730. The number of methoxy groups -OCH3 is 1. The van der Waals surface area contributed by atoms with Gasteiger partial charge in [-0.05, 0) is 48.5 Å². The van der Waals surface area contributed by atoms with E-state index >= 15 is 0 Å². The molecule has 2 amide bonds. The first-order valence-electron chi connectivity index (χ1n) is 13.6. The molecule has 0 aliphatic carbocycles. The van der Waals surface area contributed by atoms with Gasteiger partial charge < -0.3 is 20.1 Å². The summed E-state index contributed by atoms with van der Waals surface area (Å²) in [4.78, 5) is 25.9. The van der Waals surface area contributed by atoms with Crippen LogP contribution in [0.15, 0.2) is 109 Å². The molecular weight excluding hydrogens is 546 g/mol. The van der Waals surface area contributed by atoms with Crippen LogP contribution in [0.25, 0.3) is 0 Å². The van der Waals surface area contributed by atoms with Crippen molar-refractivity contribution in [3.05, 3.63) is 126 Å². The predicted octanol–water partition coefficient (Wildman–Crippen LogP) is 5.10. The average molecular weight is 576 g/mol. The summed E-state index contributed by atoms with van der Waals surface area (Å²) in [5, 5.41) is 16.0. The number of ether oxygens (including phenoxy) is 2. The van der Waals surface area contributed by atoms with Crippen LogP contribution >= 0.6 is 0 Å². The summed E-state index contributed by atoms with van der Waals surface area (Å²) < 4.78 is 13.1. The molecule has 4 aromatic carbocycles. The molecule has 5 aromatic rings. The molecule has 0 bridgehead atoms. The Labute approximate surface area is 248 Å². The van der Waals surface area contributed by atoms with E-state index in [9.17, 15) is 9.59 Å². The molecule has 43 heavy (non-hydrogen) atoms. The fourth-order valence-electron chi connectivity index (χ4n) is 4.73. The molecule has 1 aromatic heterocycles. The predicted molar refractivity (Wildman–Crippen MR) is 161 cm³/mol. The fourth-order valence-corrected chi connectivity index (χ4v) is 4.73. The van der Waals surface area contributed by atoms with Crippen molar-refractivity contribution < 1.29 is 19.1 Å². The summed E-state index contributed by atoms with van der Waals surface area (Å²) in [5.41, 5.74) is 7.38. The first-order chi connectivity index (χ1) is 21.1.